The van der Waals surface area contributed by atoms with Crippen LogP contribution in [0.3, 0.4) is 0 Å². The van der Waals surface area contributed by atoms with Crippen LogP contribution in [0.5, 0.6) is 0 Å². The molecule has 3 rings (SSSR count). The molecule has 138 valence electrons. The minimum absolute atomic E-state index is 0.0763. The van der Waals surface area contributed by atoms with E-state index in [-0.39, 0.29) is 11.8 Å². The molecule has 0 aliphatic carbocycles. The summed E-state index contributed by atoms with van der Waals surface area (Å²) in [5.41, 5.74) is 4.66. The highest BCUT2D eigenvalue weighted by Crippen LogP contribution is 2.15. The maximum absolute atomic E-state index is 12.5. The number of benzene rings is 2. The van der Waals surface area contributed by atoms with Gasteiger partial charge in [-0.3, -0.25) is 9.59 Å². The molecule has 0 saturated heterocycles. The van der Waals surface area contributed by atoms with Gasteiger partial charge in [0.05, 0.1) is 11.4 Å². The van der Waals surface area contributed by atoms with Gasteiger partial charge >= 0.3 is 0 Å². The average molecular weight is 362 g/mol. The van der Waals surface area contributed by atoms with Crippen molar-refractivity contribution in [1.82, 2.24) is 14.7 Å². The van der Waals surface area contributed by atoms with Crippen molar-refractivity contribution in [3.63, 3.8) is 0 Å². The molecule has 0 spiro atoms. The molecule has 0 aliphatic heterocycles. The third-order valence-corrected chi connectivity index (χ3v) is 4.18. The number of nitrogens with one attached hydrogen (secondary N) is 1. The monoisotopic (exact) mass is 362 g/mol. The molecule has 3 aromatic rings. The highest BCUT2D eigenvalue weighted by Gasteiger charge is 2.10. The van der Waals surface area contributed by atoms with Crippen LogP contribution in [0.1, 0.15) is 32.1 Å². The number of carbonyl (C=O) groups excluding carboxylic acids is 2. The van der Waals surface area contributed by atoms with Crippen LogP contribution in [0.2, 0.25) is 0 Å². The van der Waals surface area contributed by atoms with Crippen LogP contribution in [0, 0.1) is 13.8 Å². The molecule has 2 aromatic carbocycles. The lowest BCUT2D eigenvalue weighted by Gasteiger charge is -2.11. The first-order valence-electron chi connectivity index (χ1n) is 8.62. The number of rotatable bonds is 4. The third-order valence-electron chi connectivity index (χ3n) is 4.18. The molecular formula is C21H22N4O2. The summed E-state index contributed by atoms with van der Waals surface area (Å²) in [6.07, 6.45) is 0. The van der Waals surface area contributed by atoms with E-state index in [1.165, 1.54) is 4.90 Å². The Kier molecular flexibility index (Phi) is 5.07. The van der Waals surface area contributed by atoms with Gasteiger partial charge in [-0.05, 0) is 68.4 Å². The van der Waals surface area contributed by atoms with E-state index in [2.05, 4.69) is 10.4 Å². The summed E-state index contributed by atoms with van der Waals surface area (Å²) in [5, 5.41) is 7.28. The Morgan fingerprint density at radius 3 is 2.04 bits per heavy atom. The topological polar surface area (TPSA) is 67.2 Å². The summed E-state index contributed by atoms with van der Waals surface area (Å²) in [7, 11) is 3.40. The maximum Gasteiger partial charge on any atom is 0.255 e. The molecule has 0 saturated carbocycles. The SMILES string of the molecule is Cc1cc(C)n(-c2ccc(C(=O)Nc3ccc(C(=O)N(C)C)cc3)cc2)n1. The number of anilines is 1. The molecule has 2 amide bonds. The van der Waals surface area contributed by atoms with Gasteiger partial charge in [-0.1, -0.05) is 0 Å². The normalized spacial score (nSPS) is 10.5. The lowest BCUT2D eigenvalue weighted by Crippen LogP contribution is -2.21. The first-order valence-corrected chi connectivity index (χ1v) is 8.62. The Morgan fingerprint density at radius 2 is 1.52 bits per heavy atom. The summed E-state index contributed by atoms with van der Waals surface area (Å²) in [5.74, 6) is -0.283. The average Bonchev–Trinajstić information content (AvgIpc) is 3.00. The molecular weight excluding hydrogens is 340 g/mol. The number of aryl methyl sites for hydroxylation is 2. The number of nitrogens with zero attached hydrogens (tertiary/aromatic N) is 3. The molecule has 6 nitrogen and oxygen atoms in total. The van der Waals surface area contributed by atoms with Gasteiger partial charge in [0, 0.05) is 36.6 Å². The zero-order chi connectivity index (χ0) is 19.6. The third kappa shape index (κ3) is 4.06. The predicted octanol–water partition coefficient (Wildman–Crippen LogP) is 3.44. The van der Waals surface area contributed by atoms with Crippen LogP contribution in [0.25, 0.3) is 5.69 Å². The van der Waals surface area contributed by atoms with Crippen LogP contribution in [-0.4, -0.2) is 40.6 Å². The van der Waals surface area contributed by atoms with Crippen molar-refractivity contribution in [2.75, 3.05) is 19.4 Å². The molecule has 27 heavy (non-hydrogen) atoms. The second-order valence-corrected chi connectivity index (χ2v) is 6.62. The standard InChI is InChI=1S/C21H22N4O2/c1-14-13-15(2)25(23-14)19-11-7-16(8-12-19)20(26)22-18-9-5-17(6-10-18)21(27)24(3)4/h5-13H,1-4H3,(H,22,26). The predicted molar refractivity (Wildman–Crippen MR) is 105 cm³/mol. The van der Waals surface area contributed by atoms with Crippen LogP contribution >= 0.6 is 0 Å². The van der Waals surface area contributed by atoms with E-state index in [0.29, 0.717) is 16.8 Å². The first-order chi connectivity index (χ1) is 12.8. The second-order valence-electron chi connectivity index (χ2n) is 6.62. The zero-order valence-electron chi connectivity index (χ0n) is 15.9. The van der Waals surface area contributed by atoms with Gasteiger partial charge in [0.25, 0.3) is 11.8 Å². The fourth-order valence-corrected chi connectivity index (χ4v) is 2.80. The Labute approximate surface area is 158 Å². The lowest BCUT2D eigenvalue weighted by molar-refractivity contribution is 0.0827. The van der Waals surface area contributed by atoms with Crippen LogP contribution in [-0.2, 0) is 0 Å². The van der Waals surface area contributed by atoms with Gasteiger partial charge in [-0.25, -0.2) is 4.68 Å². The van der Waals surface area contributed by atoms with Crippen molar-refractivity contribution in [1.29, 1.82) is 0 Å². The zero-order valence-corrected chi connectivity index (χ0v) is 15.9. The molecule has 0 fully saturated rings. The van der Waals surface area contributed by atoms with Crippen molar-refractivity contribution >= 4 is 17.5 Å². The molecule has 6 heteroatoms. The van der Waals surface area contributed by atoms with E-state index in [4.69, 9.17) is 0 Å². The molecule has 0 bridgehead atoms. The number of carbonyl (C=O) groups is 2. The second kappa shape index (κ2) is 7.45. The Morgan fingerprint density at radius 1 is 0.926 bits per heavy atom. The van der Waals surface area contributed by atoms with Crippen LogP contribution in [0.15, 0.2) is 54.6 Å². The maximum atomic E-state index is 12.5. The van der Waals surface area contributed by atoms with Gasteiger partial charge in [-0.15, -0.1) is 0 Å². The highest BCUT2D eigenvalue weighted by atomic mass is 16.2. The van der Waals surface area contributed by atoms with E-state index >= 15 is 0 Å². The molecule has 1 heterocycles. The van der Waals surface area contributed by atoms with Gasteiger partial charge in [0.15, 0.2) is 0 Å². The molecule has 1 N–H and O–H groups in total. The highest BCUT2D eigenvalue weighted by molar-refractivity contribution is 6.04. The summed E-state index contributed by atoms with van der Waals surface area (Å²) in [6, 6.07) is 16.1. The van der Waals surface area contributed by atoms with Crippen LogP contribution in [0.4, 0.5) is 5.69 Å². The first kappa shape index (κ1) is 18.4. The molecule has 0 radical (unpaired) electrons. The minimum atomic E-state index is -0.207. The Bertz CT molecular complexity index is 970. The largest absolute Gasteiger partial charge is 0.345 e. The lowest BCUT2D eigenvalue weighted by atomic mass is 10.1. The summed E-state index contributed by atoms with van der Waals surface area (Å²) >= 11 is 0. The van der Waals surface area contributed by atoms with Crippen molar-refractivity contribution in [3.8, 4) is 5.69 Å². The number of amides is 2. The van der Waals surface area contributed by atoms with Gasteiger partial charge < -0.3 is 10.2 Å². The van der Waals surface area contributed by atoms with E-state index in [1.54, 1.807) is 50.5 Å². The van der Waals surface area contributed by atoms with Crippen molar-refractivity contribution in [2.45, 2.75) is 13.8 Å². The summed E-state index contributed by atoms with van der Waals surface area (Å²) in [6.45, 7) is 3.94. The fourth-order valence-electron chi connectivity index (χ4n) is 2.80. The molecule has 0 unspecified atom stereocenters. The number of hydrogen-bond donors (Lipinski definition) is 1. The fraction of sp³-hybridized carbons (Fsp3) is 0.190. The van der Waals surface area contributed by atoms with E-state index in [0.717, 1.165) is 17.1 Å². The van der Waals surface area contributed by atoms with E-state index in [9.17, 15) is 9.59 Å². The quantitative estimate of drug-likeness (QED) is 0.773. The summed E-state index contributed by atoms with van der Waals surface area (Å²) < 4.78 is 1.84. The molecule has 1 aromatic heterocycles. The van der Waals surface area contributed by atoms with Crippen LogP contribution < -0.4 is 5.32 Å². The number of aromatic nitrogens is 2. The van der Waals surface area contributed by atoms with Crippen molar-refractivity contribution < 1.29 is 9.59 Å². The smallest absolute Gasteiger partial charge is 0.255 e. The van der Waals surface area contributed by atoms with E-state index < -0.39 is 0 Å². The van der Waals surface area contributed by atoms with Gasteiger partial charge in [-0.2, -0.15) is 5.10 Å². The number of hydrogen-bond acceptors (Lipinski definition) is 3. The van der Waals surface area contributed by atoms with Crippen molar-refractivity contribution in [2.24, 2.45) is 0 Å². The Hall–Kier alpha value is -3.41. The van der Waals surface area contributed by atoms with E-state index in [1.807, 2.05) is 36.7 Å². The molecule has 0 aliphatic rings. The molecule has 0 atom stereocenters. The van der Waals surface area contributed by atoms with Gasteiger partial charge in [0.1, 0.15) is 0 Å². The summed E-state index contributed by atoms with van der Waals surface area (Å²) in [4.78, 5) is 25.9. The van der Waals surface area contributed by atoms with Crippen molar-refractivity contribution in [3.05, 3.63) is 77.1 Å². The van der Waals surface area contributed by atoms with Gasteiger partial charge in [0.2, 0.25) is 0 Å². The Balaban J connectivity index is 1.71. The minimum Gasteiger partial charge on any atom is -0.345 e.